The molecule has 0 fully saturated rings. The monoisotopic (exact) mass is 453 g/mol. The second-order valence-electron chi connectivity index (χ2n) is 8.57. The molecule has 0 saturated heterocycles. The van der Waals surface area contributed by atoms with Crippen molar-refractivity contribution in [3.63, 3.8) is 0 Å². The molecule has 2 rings (SSSR count). The van der Waals surface area contributed by atoms with E-state index in [1.54, 1.807) is 45.0 Å². The Morgan fingerprint density at radius 3 is 2.00 bits per heavy atom. The molecule has 0 aliphatic heterocycles. The van der Waals surface area contributed by atoms with E-state index in [1.165, 1.54) is 6.92 Å². The number of alkyl carbamates (subject to hydrolysis) is 1. The normalized spacial score (nSPS) is 11.8. The topological polar surface area (TPSA) is 114 Å². The highest BCUT2D eigenvalue weighted by molar-refractivity contribution is 5.99. The Hall–Kier alpha value is -3.68. The van der Waals surface area contributed by atoms with Crippen LogP contribution in [-0.2, 0) is 16.0 Å². The molecule has 0 saturated carbocycles. The van der Waals surface area contributed by atoms with Crippen molar-refractivity contribution in [1.82, 2.24) is 16.0 Å². The van der Waals surface area contributed by atoms with Crippen molar-refractivity contribution in [3.8, 4) is 0 Å². The second-order valence-corrected chi connectivity index (χ2v) is 8.57. The summed E-state index contributed by atoms with van der Waals surface area (Å²) in [4.78, 5) is 48.7. The largest absolute Gasteiger partial charge is 0.444 e. The van der Waals surface area contributed by atoms with Gasteiger partial charge in [-0.25, -0.2) is 4.79 Å². The Balaban J connectivity index is 1.99. The number of hydrogen-bond donors (Lipinski definition) is 3. The Kier molecular flexibility index (Phi) is 9.15. The standard InChI is InChI=1S/C25H31N3O5/c1-17(29)19-10-12-20(13-11-19)22(30)28-21(16-18-8-6-5-7-9-18)23(31)26-14-15-27-24(32)33-25(2,3)4/h5-13,21H,14-16H2,1-4H3,(H,26,31)(H,27,32)(H,28,30)/t21-/m0/s1. The number of nitrogens with one attached hydrogen (secondary N) is 3. The number of amides is 3. The maximum atomic E-state index is 12.8. The molecule has 1 atom stereocenters. The quantitative estimate of drug-likeness (QED) is 0.399. The van der Waals surface area contributed by atoms with Crippen LogP contribution >= 0.6 is 0 Å². The highest BCUT2D eigenvalue weighted by Crippen LogP contribution is 2.08. The molecular weight excluding hydrogens is 422 g/mol. The summed E-state index contributed by atoms with van der Waals surface area (Å²) in [6, 6.07) is 14.8. The molecule has 0 aromatic heterocycles. The number of Topliss-reactive ketones (excluding diaryl/α,β-unsaturated/α-hetero) is 1. The predicted molar refractivity (Wildman–Crippen MR) is 125 cm³/mol. The van der Waals surface area contributed by atoms with Crippen LogP contribution in [0, 0.1) is 0 Å². The molecule has 176 valence electrons. The number of ether oxygens (including phenoxy) is 1. The Bertz CT molecular complexity index is 966. The first-order valence-electron chi connectivity index (χ1n) is 10.8. The van der Waals surface area contributed by atoms with Crippen LogP contribution < -0.4 is 16.0 Å². The van der Waals surface area contributed by atoms with E-state index >= 15 is 0 Å². The number of carbonyl (C=O) groups is 4. The lowest BCUT2D eigenvalue weighted by atomic mass is 10.0. The fraction of sp³-hybridized carbons (Fsp3) is 0.360. The maximum absolute atomic E-state index is 12.8. The van der Waals surface area contributed by atoms with Crippen LogP contribution in [0.3, 0.4) is 0 Å². The molecule has 0 unspecified atom stereocenters. The Morgan fingerprint density at radius 2 is 1.42 bits per heavy atom. The summed E-state index contributed by atoms with van der Waals surface area (Å²) >= 11 is 0. The molecule has 0 aliphatic carbocycles. The lowest BCUT2D eigenvalue weighted by Crippen LogP contribution is -2.49. The van der Waals surface area contributed by atoms with Gasteiger partial charge in [0.05, 0.1) is 0 Å². The fourth-order valence-corrected chi connectivity index (χ4v) is 2.94. The zero-order chi connectivity index (χ0) is 24.4. The summed E-state index contributed by atoms with van der Waals surface area (Å²) in [7, 11) is 0. The minimum atomic E-state index is -0.825. The third-order valence-corrected chi connectivity index (χ3v) is 4.55. The first kappa shape index (κ1) is 25.6. The van der Waals surface area contributed by atoms with E-state index in [0.717, 1.165) is 5.56 Å². The van der Waals surface area contributed by atoms with Crippen LogP contribution in [-0.4, -0.2) is 48.4 Å². The highest BCUT2D eigenvalue weighted by Gasteiger charge is 2.22. The molecule has 3 amide bonds. The van der Waals surface area contributed by atoms with Gasteiger partial charge in [-0.1, -0.05) is 42.5 Å². The lowest BCUT2D eigenvalue weighted by Gasteiger charge is -2.20. The SMILES string of the molecule is CC(=O)c1ccc(C(=O)N[C@@H](Cc2ccccc2)C(=O)NCCNC(=O)OC(C)(C)C)cc1. The number of hydrogen-bond acceptors (Lipinski definition) is 5. The fourth-order valence-electron chi connectivity index (χ4n) is 2.94. The summed E-state index contributed by atoms with van der Waals surface area (Å²) in [6.45, 7) is 7.09. The van der Waals surface area contributed by atoms with E-state index in [2.05, 4.69) is 16.0 Å². The van der Waals surface area contributed by atoms with Crippen molar-refractivity contribution in [2.75, 3.05) is 13.1 Å². The molecule has 8 heteroatoms. The summed E-state index contributed by atoms with van der Waals surface area (Å²) in [6.07, 6.45) is -0.274. The minimum Gasteiger partial charge on any atom is -0.444 e. The lowest BCUT2D eigenvalue weighted by molar-refractivity contribution is -0.122. The molecule has 2 aromatic rings. The van der Waals surface area contributed by atoms with Gasteiger partial charge in [0.1, 0.15) is 11.6 Å². The van der Waals surface area contributed by atoms with Gasteiger partial charge >= 0.3 is 6.09 Å². The van der Waals surface area contributed by atoms with Gasteiger partial charge in [0.15, 0.2) is 5.78 Å². The average molecular weight is 454 g/mol. The molecule has 2 aromatic carbocycles. The van der Waals surface area contributed by atoms with Crippen LogP contribution in [0.25, 0.3) is 0 Å². The second kappa shape index (κ2) is 11.8. The highest BCUT2D eigenvalue weighted by atomic mass is 16.6. The van der Waals surface area contributed by atoms with Crippen molar-refractivity contribution in [1.29, 1.82) is 0 Å². The van der Waals surface area contributed by atoms with Gasteiger partial charge in [0.25, 0.3) is 5.91 Å². The maximum Gasteiger partial charge on any atom is 0.407 e. The molecule has 0 spiro atoms. The zero-order valence-corrected chi connectivity index (χ0v) is 19.4. The summed E-state index contributed by atoms with van der Waals surface area (Å²) < 4.78 is 5.16. The van der Waals surface area contributed by atoms with Crippen molar-refractivity contribution < 1.29 is 23.9 Å². The van der Waals surface area contributed by atoms with Crippen molar-refractivity contribution in [2.45, 2.75) is 45.8 Å². The van der Waals surface area contributed by atoms with Gasteiger partial charge in [-0.05, 0) is 45.4 Å². The predicted octanol–water partition coefficient (Wildman–Crippen LogP) is 2.87. The Labute approximate surface area is 194 Å². The van der Waals surface area contributed by atoms with E-state index in [1.807, 2.05) is 30.3 Å². The zero-order valence-electron chi connectivity index (χ0n) is 19.4. The molecular formula is C25H31N3O5. The summed E-state index contributed by atoms with van der Waals surface area (Å²) in [5.41, 5.74) is 1.12. The summed E-state index contributed by atoms with van der Waals surface area (Å²) in [5, 5.41) is 8.07. The van der Waals surface area contributed by atoms with Gasteiger partial charge in [-0.15, -0.1) is 0 Å². The Morgan fingerprint density at radius 1 is 0.848 bits per heavy atom. The van der Waals surface area contributed by atoms with Crippen molar-refractivity contribution in [2.24, 2.45) is 0 Å². The first-order valence-corrected chi connectivity index (χ1v) is 10.8. The molecule has 0 bridgehead atoms. The number of rotatable bonds is 9. The van der Waals surface area contributed by atoms with Crippen LogP contribution in [0.1, 0.15) is 54.0 Å². The van der Waals surface area contributed by atoms with Crippen molar-refractivity contribution in [3.05, 3.63) is 71.3 Å². The average Bonchev–Trinajstić information content (AvgIpc) is 2.75. The van der Waals surface area contributed by atoms with Crippen LogP contribution in [0.5, 0.6) is 0 Å². The van der Waals surface area contributed by atoms with Gasteiger partial charge in [0.2, 0.25) is 5.91 Å². The third-order valence-electron chi connectivity index (χ3n) is 4.55. The molecule has 8 nitrogen and oxygen atoms in total. The van der Waals surface area contributed by atoms with Crippen molar-refractivity contribution >= 4 is 23.7 Å². The van der Waals surface area contributed by atoms with Crippen LogP contribution in [0.4, 0.5) is 4.79 Å². The molecule has 3 N–H and O–H groups in total. The smallest absolute Gasteiger partial charge is 0.407 e. The van der Waals surface area contributed by atoms with E-state index in [4.69, 9.17) is 4.74 Å². The number of carbonyl (C=O) groups excluding carboxylic acids is 4. The first-order chi connectivity index (χ1) is 15.5. The van der Waals surface area contributed by atoms with E-state index in [-0.39, 0.29) is 24.8 Å². The number of ketones is 1. The van der Waals surface area contributed by atoms with E-state index in [9.17, 15) is 19.2 Å². The molecule has 0 heterocycles. The number of benzene rings is 2. The third kappa shape index (κ3) is 9.14. The van der Waals surface area contributed by atoms with Gasteiger partial charge in [-0.2, -0.15) is 0 Å². The van der Waals surface area contributed by atoms with Gasteiger partial charge < -0.3 is 20.7 Å². The van der Waals surface area contributed by atoms with E-state index in [0.29, 0.717) is 17.5 Å². The van der Waals surface area contributed by atoms with Gasteiger partial charge in [0, 0.05) is 30.6 Å². The van der Waals surface area contributed by atoms with Crippen LogP contribution in [0.2, 0.25) is 0 Å². The summed E-state index contributed by atoms with van der Waals surface area (Å²) in [5.74, 6) is -0.894. The molecule has 0 aliphatic rings. The van der Waals surface area contributed by atoms with Gasteiger partial charge in [-0.3, -0.25) is 14.4 Å². The van der Waals surface area contributed by atoms with E-state index < -0.39 is 23.6 Å². The molecule has 33 heavy (non-hydrogen) atoms. The molecule has 0 radical (unpaired) electrons. The van der Waals surface area contributed by atoms with Crippen LogP contribution in [0.15, 0.2) is 54.6 Å². The minimum absolute atomic E-state index is 0.0942.